The fourth-order valence-corrected chi connectivity index (χ4v) is 2.62. The van der Waals surface area contributed by atoms with E-state index in [2.05, 4.69) is 4.98 Å². The molecule has 0 bridgehead atoms. The van der Waals surface area contributed by atoms with Crippen LogP contribution in [0.2, 0.25) is 0 Å². The molecule has 0 spiro atoms. The van der Waals surface area contributed by atoms with Crippen LogP contribution in [0.5, 0.6) is 5.75 Å². The molecule has 0 atom stereocenters. The first-order valence-corrected chi connectivity index (χ1v) is 8.28. The molecule has 1 N–H and O–H groups in total. The second-order valence-electron chi connectivity index (χ2n) is 5.75. The molecule has 0 aliphatic heterocycles. The first kappa shape index (κ1) is 17.2. The van der Waals surface area contributed by atoms with Gasteiger partial charge in [0.2, 0.25) is 0 Å². The summed E-state index contributed by atoms with van der Waals surface area (Å²) >= 11 is 0. The first-order valence-electron chi connectivity index (χ1n) is 8.28. The number of nitrogens with one attached hydrogen (secondary N) is 1. The zero-order valence-corrected chi connectivity index (χ0v) is 14.4. The van der Waals surface area contributed by atoms with Gasteiger partial charge in [0.1, 0.15) is 24.0 Å². The van der Waals surface area contributed by atoms with Crippen LogP contribution in [0.3, 0.4) is 0 Å². The molecule has 1 aromatic heterocycles. The van der Waals surface area contributed by atoms with Crippen molar-refractivity contribution in [2.24, 2.45) is 0 Å². The molecule has 3 rings (SSSR count). The maximum absolute atomic E-state index is 11.9. The van der Waals surface area contributed by atoms with Crippen LogP contribution in [0.4, 0.5) is 0 Å². The molecular weight excluding hydrogens is 324 g/mol. The van der Waals surface area contributed by atoms with Gasteiger partial charge in [-0.3, -0.25) is 4.79 Å². The molecule has 0 aliphatic rings. The minimum absolute atomic E-state index is 0.102. The molecule has 0 radical (unpaired) electrons. The quantitative estimate of drug-likeness (QED) is 0.741. The topological polar surface area (TPSA) is 65.9 Å². The number of aromatic amines is 1. The lowest BCUT2D eigenvalue weighted by atomic mass is 10.1. The monoisotopic (exact) mass is 342 g/mol. The average molecular weight is 342 g/mol. The minimum Gasteiger partial charge on any atom is -0.488 e. The van der Waals surface area contributed by atoms with Crippen LogP contribution in [0.15, 0.2) is 71.5 Å². The summed E-state index contributed by atoms with van der Waals surface area (Å²) in [6.45, 7) is 2.43. The number of hydrogen-bond acceptors (Lipinski definition) is 3. The van der Waals surface area contributed by atoms with Crippen LogP contribution >= 0.6 is 0 Å². The molecule has 26 heavy (non-hydrogen) atoms. The smallest absolute Gasteiger partial charge is 0.266 e. The van der Waals surface area contributed by atoms with Crippen molar-refractivity contribution in [3.05, 3.63) is 93.8 Å². The maximum Gasteiger partial charge on any atom is 0.266 e. The van der Waals surface area contributed by atoms with Crippen LogP contribution in [-0.4, -0.2) is 4.98 Å². The summed E-state index contributed by atoms with van der Waals surface area (Å²) < 4.78 is 5.96. The summed E-state index contributed by atoms with van der Waals surface area (Å²) in [6.07, 6.45) is 3.90. The number of nitrogens with zero attached hydrogens (tertiary/aromatic N) is 1. The summed E-state index contributed by atoms with van der Waals surface area (Å²) in [6, 6.07) is 20.9. The molecule has 0 unspecified atom stereocenters. The zero-order chi connectivity index (χ0) is 18.4. The number of allylic oxidation sites excluding steroid dienone is 1. The Bertz CT molecular complexity index is 1030. The van der Waals surface area contributed by atoms with Gasteiger partial charge < -0.3 is 9.72 Å². The molecule has 0 aliphatic carbocycles. The lowest BCUT2D eigenvalue weighted by Crippen LogP contribution is -2.10. The molecule has 1 heterocycles. The van der Waals surface area contributed by atoms with Crippen LogP contribution in [-0.2, 0) is 6.61 Å². The molecule has 4 nitrogen and oxygen atoms in total. The van der Waals surface area contributed by atoms with Crippen LogP contribution < -0.4 is 10.3 Å². The largest absolute Gasteiger partial charge is 0.488 e. The number of aromatic nitrogens is 1. The van der Waals surface area contributed by atoms with Gasteiger partial charge in [0.15, 0.2) is 0 Å². The molecule has 0 amide bonds. The standard InChI is InChI=1S/C22H18N2O2/c1-2-6-18-13-17(20-11-9-19(14-23)22(25)24-20)10-12-21(18)26-15-16-7-4-3-5-8-16/h2-13H,15H2,1H3,(H,24,25). The highest BCUT2D eigenvalue weighted by molar-refractivity contribution is 5.68. The second kappa shape index (κ2) is 8.00. The van der Waals surface area contributed by atoms with Gasteiger partial charge >= 0.3 is 0 Å². The summed E-state index contributed by atoms with van der Waals surface area (Å²) in [5, 5.41) is 8.89. The van der Waals surface area contributed by atoms with Crippen molar-refractivity contribution in [1.82, 2.24) is 4.98 Å². The van der Waals surface area contributed by atoms with Gasteiger partial charge in [-0.25, -0.2) is 0 Å². The highest BCUT2D eigenvalue weighted by atomic mass is 16.5. The van der Waals surface area contributed by atoms with E-state index < -0.39 is 0 Å². The Morgan fingerprint density at radius 3 is 2.62 bits per heavy atom. The average Bonchev–Trinajstić information content (AvgIpc) is 2.68. The Labute approximate surface area is 152 Å². The minimum atomic E-state index is -0.387. The lowest BCUT2D eigenvalue weighted by molar-refractivity contribution is 0.305. The number of benzene rings is 2. The van der Waals surface area contributed by atoms with Crippen LogP contribution in [0.1, 0.15) is 23.6 Å². The maximum atomic E-state index is 11.9. The number of H-pyrrole nitrogens is 1. The molecule has 2 aromatic carbocycles. The predicted molar refractivity (Wildman–Crippen MR) is 103 cm³/mol. The molecular formula is C22H18N2O2. The van der Waals surface area contributed by atoms with Gasteiger partial charge in [0.25, 0.3) is 5.56 Å². The van der Waals surface area contributed by atoms with Gasteiger partial charge in [0.05, 0.1) is 0 Å². The van der Waals surface area contributed by atoms with Crippen molar-refractivity contribution in [3.8, 4) is 23.1 Å². The molecule has 0 saturated heterocycles. The van der Waals surface area contributed by atoms with Crippen LogP contribution in [0.25, 0.3) is 17.3 Å². The van der Waals surface area contributed by atoms with Gasteiger partial charge in [-0.15, -0.1) is 0 Å². The number of ether oxygens (including phenoxy) is 1. The summed E-state index contributed by atoms with van der Waals surface area (Å²) in [7, 11) is 0. The van der Waals surface area contributed by atoms with Gasteiger partial charge in [0, 0.05) is 11.3 Å². The molecule has 128 valence electrons. The Hall–Kier alpha value is -3.58. The Morgan fingerprint density at radius 2 is 1.92 bits per heavy atom. The van der Waals surface area contributed by atoms with Crippen molar-refractivity contribution in [3.63, 3.8) is 0 Å². The Morgan fingerprint density at radius 1 is 1.12 bits per heavy atom. The number of nitriles is 1. The van der Waals surface area contributed by atoms with E-state index in [9.17, 15) is 4.79 Å². The third-order valence-electron chi connectivity index (χ3n) is 3.93. The van der Waals surface area contributed by atoms with Crippen molar-refractivity contribution in [2.75, 3.05) is 0 Å². The van der Waals surface area contributed by atoms with E-state index in [-0.39, 0.29) is 11.1 Å². The predicted octanol–water partition coefficient (Wildman–Crippen LogP) is 4.53. The van der Waals surface area contributed by atoms with E-state index >= 15 is 0 Å². The highest BCUT2D eigenvalue weighted by Gasteiger charge is 2.07. The second-order valence-corrected chi connectivity index (χ2v) is 5.75. The van der Waals surface area contributed by atoms with Crippen molar-refractivity contribution < 1.29 is 4.74 Å². The van der Waals surface area contributed by atoms with Crippen LogP contribution in [0, 0.1) is 11.3 Å². The summed E-state index contributed by atoms with van der Waals surface area (Å²) in [4.78, 5) is 14.6. The van der Waals surface area contributed by atoms with E-state index in [0.717, 1.165) is 22.4 Å². The third-order valence-corrected chi connectivity index (χ3v) is 3.93. The Balaban J connectivity index is 1.90. The van der Waals surface area contributed by atoms with E-state index in [0.29, 0.717) is 12.3 Å². The number of rotatable bonds is 5. The van der Waals surface area contributed by atoms with E-state index in [1.54, 1.807) is 6.07 Å². The SMILES string of the molecule is CC=Cc1cc(-c2ccc(C#N)c(=O)[nH]2)ccc1OCc1ccccc1. The molecule has 3 aromatic rings. The summed E-state index contributed by atoms with van der Waals surface area (Å²) in [5.41, 5.74) is 3.25. The van der Waals surface area contributed by atoms with Crippen molar-refractivity contribution in [2.45, 2.75) is 13.5 Å². The van der Waals surface area contributed by atoms with Gasteiger partial charge in [-0.05, 0) is 48.4 Å². The number of hydrogen-bond donors (Lipinski definition) is 1. The number of pyridine rings is 1. The first-order chi connectivity index (χ1) is 12.7. The zero-order valence-electron chi connectivity index (χ0n) is 14.4. The van der Waals surface area contributed by atoms with E-state index in [1.165, 1.54) is 6.07 Å². The lowest BCUT2D eigenvalue weighted by Gasteiger charge is -2.11. The third kappa shape index (κ3) is 3.90. The Kier molecular flexibility index (Phi) is 5.31. The van der Waals surface area contributed by atoms with E-state index in [1.807, 2.05) is 73.7 Å². The molecule has 0 saturated carbocycles. The summed E-state index contributed by atoms with van der Waals surface area (Å²) in [5.74, 6) is 0.770. The fourth-order valence-electron chi connectivity index (χ4n) is 2.62. The fraction of sp³-hybridized carbons (Fsp3) is 0.0909. The molecule has 4 heteroatoms. The van der Waals surface area contributed by atoms with Gasteiger partial charge in [-0.2, -0.15) is 5.26 Å². The highest BCUT2D eigenvalue weighted by Crippen LogP contribution is 2.27. The van der Waals surface area contributed by atoms with E-state index in [4.69, 9.17) is 10.00 Å². The normalized spacial score (nSPS) is 10.6. The van der Waals surface area contributed by atoms with Gasteiger partial charge in [-0.1, -0.05) is 42.5 Å². The molecule has 0 fully saturated rings. The van der Waals surface area contributed by atoms with Crippen molar-refractivity contribution in [1.29, 1.82) is 5.26 Å². The van der Waals surface area contributed by atoms with Crippen molar-refractivity contribution >= 4 is 6.08 Å².